The highest BCUT2D eigenvalue weighted by atomic mass is 16.5. The van der Waals surface area contributed by atoms with Crippen molar-refractivity contribution in [1.82, 2.24) is 15.1 Å². The number of carbonyl (C=O) groups is 1. The number of nitrogens with one attached hydrogen (secondary N) is 1. The number of amides is 1. The lowest BCUT2D eigenvalue weighted by Crippen LogP contribution is -2.52. The average Bonchev–Trinajstić information content (AvgIpc) is 2.49. The quantitative estimate of drug-likeness (QED) is 0.833. The van der Waals surface area contributed by atoms with Crippen molar-refractivity contribution in [3.8, 4) is 5.75 Å². The molecular formula is C16H25N3O3. The molecule has 0 saturated carbocycles. The van der Waals surface area contributed by atoms with Gasteiger partial charge in [-0.2, -0.15) is 0 Å². The first-order valence-corrected chi connectivity index (χ1v) is 7.62. The lowest BCUT2D eigenvalue weighted by Gasteiger charge is -2.31. The molecule has 1 aromatic carbocycles. The Labute approximate surface area is 131 Å². The van der Waals surface area contributed by atoms with Gasteiger partial charge in [-0.3, -0.25) is 0 Å². The first-order valence-electron chi connectivity index (χ1n) is 7.62. The molecule has 6 nitrogen and oxygen atoms in total. The molecule has 1 saturated heterocycles. The van der Waals surface area contributed by atoms with Gasteiger partial charge in [-0.25, -0.2) is 4.79 Å². The fourth-order valence-electron chi connectivity index (χ4n) is 2.57. The molecular weight excluding hydrogens is 282 g/mol. The van der Waals surface area contributed by atoms with Gasteiger partial charge < -0.3 is 25.0 Å². The van der Waals surface area contributed by atoms with Crippen LogP contribution >= 0.6 is 0 Å². The molecule has 2 rings (SSSR count). The van der Waals surface area contributed by atoms with Gasteiger partial charge in [0.05, 0.1) is 6.61 Å². The van der Waals surface area contributed by atoms with Crippen molar-refractivity contribution in [2.24, 2.45) is 0 Å². The molecule has 1 atom stereocenters. The zero-order chi connectivity index (χ0) is 15.9. The molecule has 1 amide bonds. The smallest absolute Gasteiger partial charge is 0.407 e. The summed E-state index contributed by atoms with van der Waals surface area (Å²) in [5.74, 6) is 0.855. The van der Waals surface area contributed by atoms with E-state index in [9.17, 15) is 4.79 Å². The van der Waals surface area contributed by atoms with E-state index in [-0.39, 0.29) is 6.04 Å². The van der Waals surface area contributed by atoms with E-state index in [2.05, 4.69) is 22.3 Å². The van der Waals surface area contributed by atoms with Gasteiger partial charge in [0.2, 0.25) is 0 Å². The SMILES string of the molecule is CN(C)Cc1ccc(OCC[C@@H]2CN(C(=O)O)CCN2)cc1. The Morgan fingerprint density at radius 2 is 2.14 bits per heavy atom. The maximum Gasteiger partial charge on any atom is 0.407 e. The van der Waals surface area contributed by atoms with E-state index in [1.807, 2.05) is 26.2 Å². The largest absolute Gasteiger partial charge is 0.494 e. The van der Waals surface area contributed by atoms with E-state index in [0.29, 0.717) is 26.2 Å². The van der Waals surface area contributed by atoms with Crippen molar-refractivity contribution in [3.05, 3.63) is 29.8 Å². The van der Waals surface area contributed by atoms with Crippen LogP contribution in [-0.2, 0) is 6.54 Å². The third-order valence-corrected chi connectivity index (χ3v) is 3.68. The Bertz CT molecular complexity index is 476. The van der Waals surface area contributed by atoms with Crippen molar-refractivity contribution in [2.45, 2.75) is 19.0 Å². The van der Waals surface area contributed by atoms with Crippen LogP contribution < -0.4 is 10.1 Å². The molecule has 122 valence electrons. The topological polar surface area (TPSA) is 65.0 Å². The van der Waals surface area contributed by atoms with Gasteiger partial charge in [-0.1, -0.05) is 12.1 Å². The van der Waals surface area contributed by atoms with Crippen molar-refractivity contribution < 1.29 is 14.6 Å². The highest BCUT2D eigenvalue weighted by Gasteiger charge is 2.22. The summed E-state index contributed by atoms with van der Waals surface area (Å²) in [6, 6.07) is 8.27. The van der Waals surface area contributed by atoms with E-state index in [1.165, 1.54) is 10.5 Å². The van der Waals surface area contributed by atoms with Gasteiger partial charge in [0, 0.05) is 32.2 Å². The Morgan fingerprint density at radius 3 is 2.77 bits per heavy atom. The summed E-state index contributed by atoms with van der Waals surface area (Å²) in [5, 5.41) is 12.3. The van der Waals surface area contributed by atoms with Crippen molar-refractivity contribution >= 4 is 6.09 Å². The molecule has 1 aliphatic rings. The number of nitrogens with zero attached hydrogens (tertiary/aromatic N) is 2. The number of hydrogen-bond acceptors (Lipinski definition) is 4. The van der Waals surface area contributed by atoms with Crippen LogP contribution in [0.15, 0.2) is 24.3 Å². The third-order valence-electron chi connectivity index (χ3n) is 3.68. The molecule has 22 heavy (non-hydrogen) atoms. The second-order valence-corrected chi connectivity index (χ2v) is 5.90. The van der Waals surface area contributed by atoms with Crippen LogP contribution in [0, 0.1) is 0 Å². The minimum atomic E-state index is -0.844. The summed E-state index contributed by atoms with van der Waals surface area (Å²) in [6.45, 7) is 3.28. The summed E-state index contributed by atoms with van der Waals surface area (Å²) in [5.41, 5.74) is 1.25. The number of rotatable bonds is 6. The number of benzene rings is 1. The highest BCUT2D eigenvalue weighted by Crippen LogP contribution is 2.14. The molecule has 6 heteroatoms. The Balaban J connectivity index is 1.73. The van der Waals surface area contributed by atoms with Gasteiger partial charge in [0.25, 0.3) is 0 Å². The van der Waals surface area contributed by atoms with Gasteiger partial charge >= 0.3 is 6.09 Å². The van der Waals surface area contributed by atoms with Gasteiger partial charge in [-0.15, -0.1) is 0 Å². The second-order valence-electron chi connectivity index (χ2n) is 5.90. The van der Waals surface area contributed by atoms with E-state index in [4.69, 9.17) is 9.84 Å². The standard InChI is InChI=1S/C16H25N3O3/c1-18(2)11-13-3-5-15(6-4-13)22-10-7-14-12-19(16(20)21)9-8-17-14/h3-6,14,17H,7-12H2,1-2H3,(H,20,21)/t14-/m1/s1. The van der Waals surface area contributed by atoms with Gasteiger partial charge in [-0.05, 0) is 38.2 Å². The summed E-state index contributed by atoms with van der Waals surface area (Å²) >= 11 is 0. The van der Waals surface area contributed by atoms with Crippen LogP contribution in [0.2, 0.25) is 0 Å². The van der Waals surface area contributed by atoms with Crippen molar-refractivity contribution in [1.29, 1.82) is 0 Å². The molecule has 0 bridgehead atoms. The number of hydrogen-bond donors (Lipinski definition) is 2. The number of ether oxygens (including phenoxy) is 1. The minimum absolute atomic E-state index is 0.165. The van der Waals surface area contributed by atoms with Crippen LogP contribution in [0.5, 0.6) is 5.75 Å². The average molecular weight is 307 g/mol. The monoisotopic (exact) mass is 307 g/mol. The predicted octanol–water partition coefficient (Wildman–Crippen LogP) is 1.47. The van der Waals surface area contributed by atoms with Crippen molar-refractivity contribution in [3.63, 3.8) is 0 Å². The van der Waals surface area contributed by atoms with Crippen LogP contribution in [0.3, 0.4) is 0 Å². The Kier molecular flexibility index (Phi) is 6.03. The van der Waals surface area contributed by atoms with E-state index < -0.39 is 6.09 Å². The molecule has 1 aliphatic heterocycles. The summed E-state index contributed by atoms with van der Waals surface area (Å²) in [6.07, 6.45) is -0.0487. The Morgan fingerprint density at radius 1 is 1.41 bits per heavy atom. The van der Waals surface area contributed by atoms with E-state index >= 15 is 0 Å². The molecule has 0 aromatic heterocycles. The predicted molar refractivity (Wildman–Crippen MR) is 85.3 cm³/mol. The van der Waals surface area contributed by atoms with E-state index in [0.717, 1.165) is 18.7 Å². The maximum atomic E-state index is 11.0. The lowest BCUT2D eigenvalue weighted by atomic mass is 10.1. The molecule has 0 aliphatic carbocycles. The molecule has 1 aromatic rings. The van der Waals surface area contributed by atoms with Crippen molar-refractivity contribution in [2.75, 3.05) is 40.3 Å². The molecule has 2 N–H and O–H groups in total. The Hall–Kier alpha value is -1.79. The minimum Gasteiger partial charge on any atom is -0.494 e. The van der Waals surface area contributed by atoms with Gasteiger partial charge in [0.1, 0.15) is 5.75 Å². The molecule has 0 spiro atoms. The number of carboxylic acid groups (broad SMARTS) is 1. The summed E-state index contributed by atoms with van der Waals surface area (Å²) in [7, 11) is 4.09. The highest BCUT2D eigenvalue weighted by molar-refractivity contribution is 5.65. The third kappa shape index (κ3) is 5.20. The lowest BCUT2D eigenvalue weighted by molar-refractivity contribution is 0.124. The fraction of sp³-hybridized carbons (Fsp3) is 0.562. The van der Waals surface area contributed by atoms with Crippen LogP contribution in [0.25, 0.3) is 0 Å². The zero-order valence-corrected chi connectivity index (χ0v) is 13.3. The maximum absolute atomic E-state index is 11.0. The molecule has 0 unspecified atom stereocenters. The number of piperazine rings is 1. The fourth-order valence-corrected chi connectivity index (χ4v) is 2.57. The molecule has 1 fully saturated rings. The normalized spacial score (nSPS) is 18.5. The zero-order valence-electron chi connectivity index (χ0n) is 13.3. The van der Waals surface area contributed by atoms with Gasteiger partial charge in [0.15, 0.2) is 0 Å². The van der Waals surface area contributed by atoms with Crippen LogP contribution in [-0.4, -0.2) is 67.4 Å². The van der Waals surface area contributed by atoms with Crippen LogP contribution in [0.4, 0.5) is 4.79 Å². The van der Waals surface area contributed by atoms with Crippen LogP contribution in [0.1, 0.15) is 12.0 Å². The first-order chi connectivity index (χ1) is 10.5. The van der Waals surface area contributed by atoms with E-state index in [1.54, 1.807) is 0 Å². The second kappa shape index (κ2) is 8.00. The molecule has 1 heterocycles. The summed E-state index contributed by atoms with van der Waals surface area (Å²) < 4.78 is 5.74. The summed E-state index contributed by atoms with van der Waals surface area (Å²) in [4.78, 5) is 14.5. The first kappa shape index (κ1) is 16.6. The molecule has 0 radical (unpaired) electrons.